The van der Waals surface area contributed by atoms with Gasteiger partial charge in [0.2, 0.25) is 0 Å². The van der Waals surface area contributed by atoms with Crippen LogP contribution in [0.1, 0.15) is 23.7 Å². The Kier molecular flexibility index (Phi) is 5.41. The molecule has 0 saturated carbocycles. The summed E-state index contributed by atoms with van der Waals surface area (Å²) in [6, 6.07) is 7.99. The standard InChI is InChI=1S/C20H25N5O2S/c1-3-23-7-9-24(10-8-23)20(27)19(26)21-18-16-12-28-13-17(16)22-25(18)15-6-4-5-14(2)11-15/h4-6,11H,3,7-10,12-13H2,1-2H3,(H,21,26)/p+1. The summed E-state index contributed by atoms with van der Waals surface area (Å²) in [6.45, 7) is 8.25. The van der Waals surface area contributed by atoms with Crippen LogP contribution in [0.4, 0.5) is 5.82 Å². The van der Waals surface area contributed by atoms with Gasteiger partial charge < -0.3 is 15.1 Å². The van der Waals surface area contributed by atoms with Crippen LogP contribution in [-0.4, -0.2) is 59.2 Å². The first-order valence-electron chi connectivity index (χ1n) is 9.76. The number of nitrogens with one attached hydrogen (secondary N) is 2. The van der Waals surface area contributed by atoms with Gasteiger partial charge in [-0.05, 0) is 31.5 Å². The SMILES string of the molecule is CC[NH+]1CCN(C(=O)C(=O)Nc2c3c(nn2-c2cccc(C)c2)CSC3)CC1. The molecule has 7 nitrogen and oxygen atoms in total. The molecule has 0 bridgehead atoms. The molecule has 2 N–H and O–H groups in total. The molecule has 0 spiro atoms. The van der Waals surface area contributed by atoms with E-state index in [2.05, 4.69) is 12.2 Å². The average molecular weight is 401 g/mol. The van der Waals surface area contributed by atoms with Crippen LogP contribution in [0.3, 0.4) is 0 Å². The van der Waals surface area contributed by atoms with Gasteiger partial charge in [-0.3, -0.25) is 9.59 Å². The fourth-order valence-corrected chi connectivity index (χ4v) is 4.81. The van der Waals surface area contributed by atoms with Crippen molar-refractivity contribution in [2.24, 2.45) is 0 Å². The number of rotatable bonds is 3. The van der Waals surface area contributed by atoms with Gasteiger partial charge in [-0.1, -0.05) is 12.1 Å². The molecule has 0 unspecified atom stereocenters. The lowest BCUT2D eigenvalue weighted by Gasteiger charge is -2.31. The normalized spacial score (nSPS) is 16.9. The third-order valence-corrected chi connectivity index (χ3v) is 6.45. The summed E-state index contributed by atoms with van der Waals surface area (Å²) >= 11 is 1.77. The van der Waals surface area contributed by atoms with Crippen molar-refractivity contribution in [1.82, 2.24) is 14.7 Å². The molecule has 2 aromatic rings. The molecular weight excluding hydrogens is 374 g/mol. The Morgan fingerprint density at radius 1 is 1.25 bits per heavy atom. The van der Waals surface area contributed by atoms with Crippen LogP contribution in [0, 0.1) is 6.92 Å². The molecule has 148 valence electrons. The second-order valence-corrected chi connectivity index (χ2v) is 8.35. The van der Waals surface area contributed by atoms with Crippen LogP contribution in [0.15, 0.2) is 24.3 Å². The molecule has 1 aromatic carbocycles. The number of hydrogen-bond donors (Lipinski definition) is 2. The van der Waals surface area contributed by atoms with Gasteiger partial charge in [-0.25, -0.2) is 4.68 Å². The Morgan fingerprint density at radius 2 is 2.04 bits per heavy atom. The molecule has 2 amide bonds. The van der Waals surface area contributed by atoms with E-state index < -0.39 is 11.8 Å². The minimum atomic E-state index is -0.576. The van der Waals surface area contributed by atoms with Crippen molar-refractivity contribution in [2.45, 2.75) is 25.4 Å². The van der Waals surface area contributed by atoms with Gasteiger partial charge in [0.05, 0.1) is 44.1 Å². The Morgan fingerprint density at radius 3 is 2.75 bits per heavy atom. The van der Waals surface area contributed by atoms with Crippen LogP contribution in [0.25, 0.3) is 5.69 Å². The predicted molar refractivity (Wildman–Crippen MR) is 110 cm³/mol. The monoisotopic (exact) mass is 400 g/mol. The minimum absolute atomic E-state index is 0.452. The average Bonchev–Trinajstić information content (AvgIpc) is 3.30. The number of amides is 2. The highest BCUT2D eigenvalue weighted by Crippen LogP contribution is 2.36. The van der Waals surface area contributed by atoms with Gasteiger partial charge in [0, 0.05) is 17.1 Å². The number of anilines is 1. The van der Waals surface area contributed by atoms with Crippen molar-refractivity contribution in [3.63, 3.8) is 0 Å². The highest BCUT2D eigenvalue weighted by molar-refractivity contribution is 7.98. The van der Waals surface area contributed by atoms with Crippen molar-refractivity contribution < 1.29 is 14.5 Å². The maximum absolute atomic E-state index is 12.8. The lowest BCUT2D eigenvalue weighted by Crippen LogP contribution is -3.14. The van der Waals surface area contributed by atoms with Crippen molar-refractivity contribution in [1.29, 1.82) is 0 Å². The van der Waals surface area contributed by atoms with Gasteiger partial charge in [0.25, 0.3) is 0 Å². The van der Waals surface area contributed by atoms with Crippen molar-refractivity contribution in [2.75, 3.05) is 38.0 Å². The van der Waals surface area contributed by atoms with Gasteiger partial charge in [0.1, 0.15) is 5.82 Å². The number of fused-ring (bicyclic) bond motifs is 1. The Labute approximate surface area is 169 Å². The van der Waals surface area contributed by atoms with Gasteiger partial charge in [-0.15, -0.1) is 0 Å². The molecule has 4 rings (SSSR count). The Bertz CT molecular complexity index is 902. The maximum atomic E-state index is 12.8. The topological polar surface area (TPSA) is 71.7 Å². The van der Waals surface area contributed by atoms with Crippen LogP contribution in [0.5, 0.6) is 0 Å². The number of carbonyl (C=O) groups excluding carboxylic acids is 2. The molecule has 0 radical (unpaired) electrons. The van der Waals surface area contributed by atoms with E-state index in [1.165, 1.54) is 4.90 Å². The predicted octanol–water partition coefficient (Wildman–Crippen LogP) is 0.613. The van der Waals surface area contributed by atoms with Crippen LogP contribution in [0.2, 0.25) is 0 Å². The van der Waals surface area contributed by atoms with E-state index >= 15 is 0 Å². The largest absolute Gasteiger partial charge is 0.332 e. The number of nitrogens with zero attached hydrogens (tertiary/aromatic N) is 3. The molecule has 1 aromatic heterocycles. The molecule has 28 heavy (non-hydrogen) atoms. The molecule has 1 saturated heterocycles. The molecule has 3 heterocycles. The first-order valence-corrected chi connectivity index (χ1v) is 10.9. The minimum Gasteiger partial charge on any atom is -0.332 e. The van der Waals surface area contributed by atoms with E-state index in [1.54, 1.807) is 21.3 Å². The number of quaternary nitrogens is 1. The Balaban J connectivity index is 1.56. The summed E-state index contributed by atoms with van der Waals surface area (Å²) in [6.07, 6.45) is 0. The number of carbonyl (C=O) groups is 2. The molecule has 2 aliphatic heterocycles. The van der Waals surface area contributed by atoms with Crippen LogP contribution >= 0.6 is 11.8 Å². The lowest BCUT2D eigenvalue weighted by atomic mass is 10.2. The van der Waals surface area contributed by atoms with Crippen LogP contribution in [-0.2, 0) is 21.1 Å². The number of aryl methyl sites for hydroxylation is 1. The molecular formula is C20H26N5O2S+. The smallest absolute Gasteiger partial charge is 0.315 e. The van der Waals surface area contributed by atoms with Crippen LogP contribution < -0.4 is 10.2 Å². The lowest BCUT2D eigenvalue weighted by molar-refractivity contribution is -0.902. The number of likely N-dealkylation sites (N-methyl/N-ethyl adjacent to an activating group) is 1. The zero-order valence-corrected chi connectivity index (χ0v) is 17.1. The molecule has 1 fully saturated rings. The number of aromatic nitrogens is 2. The second-order valence-electron chi connectivity index (χ2n) is 7.37. The first-order chi connectivity index (χ1) is 13.6. The highest BCUT2D eigenvalue weighted by atomic mass is 32.2. The molecule has 0 atom stereocenters. The van der Waals surface area contributed by atoms with E-state index in [4.69, 9.17) is 5.10 Å². The summed E-state index contributed by atoms with van der Waals surface area (Å²) in [5.74, 6) is 1.22. The summed E-state index contributed by atoms with van der Waals surface area (Å²) in [5, 5.41) is 7.58. The van der Waals surface area contributed by atoms with Crippen molar-refractivity contribution >= 4 is 29.4 Å². The number of hydrogen-bond acceptors (Lipinski definition) is 4. The first kappa shape index (κ1) is 19.0. The van der Waals surface area contributed by atoms with E-state index in [0.29, 0.717) is 18.9 Å². The van der Waals surface area contributed by atoms with Crippen molar-refractivity contribution in [3.8, 4) is 5.69 Å². The summed E-state index contributed by atoms with van der Waals surface area (Å²) < 4.78 is 1.77. The zero-order valence-electron chi connectivity index (χ0n) is 16.3. The number of piperazine rings is 1. The molecule has 2 aliphatic rings. The molecule has 0 aliphatic carbocycles. The summed E-state index contributed by atoms with van der Waals surface area (Å²) in [4.78, 5) is 28.6. The van der Waals surface area contributed by atoms with E-state index in [0.717, 1.165) is 53.6 Å². The Hall–Kier alpha value is -2.32. The molecule has 8 heteroatoms. The van der Waals surface area contributed by atoms with E-state index in [1.807, 2.05) is 31.2 Å². The van der Waals surface area contributed by atoms with E-state index in [-0.39, 0.29) is 0 Å². The third-order valence-electron chi connectivity index (χ3n) is 5.48. The van der Waals surface area contributed by atoms with E-state index in [9.17, 15) is 9.59 Å². The highest BCUT2D eigenvalue weighted by Gasteiger charge is 2.30. The third kappa shape index (κ3) is 3.66. The number of thioether (sulfide) groups is 1. The van der Waals surface area contributed by atoms with Gasteiger partial charge in [0.15, 0.2) is 0 Å². The van der Waals surface area contributed by atoms with Gasteiger partial charge >= 0.3 is 11.8 Å². The quantitative estimate of drug-likeness (QED) is 0.741. The zero-order chi connectivity index (χ0) is 19.7. The van der Waals surface area contributed by atoms with Gasteiger partial charge in [-0.2, -0.15) is 16.9 Å². The maximum Gasteiger partial charge on any atom is 0.315 e. The summed E-state index contributed by atoms with van der Waals surface area (Å²) in [5.41, 5.74) is 4.01. The summed E-state index contributed by atoms with van der Waals surface area (Å²) in [7, 11) is 0. The number of benzene rings is 1. The van der Waals surface area contributed by atoms with Crippen molar-refractivity contribution in [3.05, 3.63) is 41.1 Å². The second kappa shape index (κ2) is 7.97. The fourth-order valence-electron chi connectivity index (χ4n) is 3.77. The fraction of sp³-hybridized carbons (Fsp3) is 0.450.